The Balaban J connectivity index is 1.27. The molecule has 0 radical (unpaired) electrons. The van der Waals surface area contributed by atoms with Crippen LogP contribution < -0.4 is 15.4 Å². The maximum Gasteiger partial charge on any atom is 0.410 e. The minimum atomic E-state index is -4.29. The van der Waals surface area contributed by atoms with E-state index in [4.69, 9.17) is 9.47 Å². The van der Waals surface area contributed by atoms with Crippen LogP contribution in [0.15, 0.2) is 41.3 Å². The minimum Gasteiger partial charge on any atom is -0.444 e. The third-order valence-electron chi connectivity index (χ3n) is 10.3. The summed E-state index contributed by atoms with van der Waals surface area (Å²) in [5.41, 5.74) is -1.46. The summed E-state index contributed by atoms with van der Waals surface area (Å²) >= 11 is 1.28. The van der Waals surface area contributed by atoms with Crippen molar-refractivity contribution in [2.45, 2.75) is 127 Å². The number of carbonyl (C=O) groups excluding carboxylic acids is 5. The van der Waals surface area contributed by atoms with Crippen molar-refractivity contribution in [1.82, 2.24) is 25.2 Å². The molecular weight excluding hydrogens is 754 g/mol. The largest absolute Gasteiger partial charge is 0.444 e. The zero-order chi connectivity index (χ0) is 39.9. The second-order valence-electron chi connectivity index (χ2n) is 15.7. The van der Waals surface area contributed by atoms with Gasteiger partial charge in [0.2, 0.25) is 11.8 Å². The summed E-state index contributed by atoms with van der Waals surface area (Å²) in [6.07, 6.45) is 4.00. The molecule has 4 heterocycles. The summed E-state index contributed by atoms with van der Waals surface area (Å²) in [4.78, 5) is 72.8. The molecule has 17 heteroatoms. The first-order valence-electron chi connectivity index (χ1n) is 18.5. The van der Waals surface area contributed by atoms with Crippen LogP contribution in [0.3, 0.4) is 0 Å². The number of aryl methyl sites for hydroxylation is 2. The summed E-state index contributed by atoms with van der Waals surface area (Å²) in [5, 5.41) is 5.47. The quantitative estimate of drug-likeness (QED) is 0.361. The van der Waals surface area contributed by atoms with Gasteiger partial charge < -0.3 is 25.0 Å². The molecule has 0 bridgehead atoms. The number of alkyl carbamates (subject to hydrolysis) is 1. The number of thiophene rings is 1. The lowest BCUT2D eigenvalue weighted by Gasteiger charge is -2.30. The van der Waals surface area contributed by atoms with Crippen molar-refractivity contribution >= 4 is 51.3 Å². The third kappa shape index (κ3) is 8.98. The molecule has 1 saturated heterocycles. The standard InChI is InChI=1S/C38H48FN5O9S2/c1-22-16-31(23(2)54-22)55(50,51)42-34(47)38-18-25(38)13-9-7-6-8-10-15-29(40-35(48)53-37(3,4)5)33(46)44-20-26(17-30(44)32(45)41-38)52-36(49)43-19-24-12-11-14-28(39)27(24)21-43/h9,11-14,16,25-26,29-30H,6-8,10,15,17-21H2,1-5H3,(H,40,48)(H,41,45)(H,42,47)/t25-,26-,29+,30+,38-/m1/s1. The highest BCUT2D eigenvalue weighted by Gasteiger charge is 2.62. The van der Waals surface area contributed by atoms with Gasteiger partial charge in [-0.15, -0.1) is 11.3 Å². The van der Waals surface area contributed by atoms with E-state index >= 15 is 0 Å². The van der Waals surface area contributed by atoms with Gasteiger partial charge >= 0.3 is 12.2 Å². The van der Waals surface area contributed by atoms with Crippen LogP contribution in [0, 0.1) is 25.6 Å². The molecule has 55 heavy (non-hydrogen) atoms. The molecule has 3 N–H and O–H groups in total. The van der Waals surface area contributed by atoms with E-state index in [1.54, 1.807) is 52.8 Å². The molecule has 298 valence electrons. The van der Waals surface area contributed by atoms with Crippen LogP contribution in [0.25, 0.3) is 0 Å². The Labute approximate surface area is 324 Å². The number of sulfonamides is 1. The number of carbonyl (C=O) groups is 5. The smallest absolute Gasteiger partial charge is 0.410 e. The van der Waals surface area contributed by atoms with E-state index in [0.717, 1.165) is 11.3 Å². The molecule has 0 spiro atoms. The Kier molecular flexibility index (Phi) is 11.4. The SMILES string of the molecule is Cc1cc(S(=O)(=O)NC(=O)[C@@]23C[C@H]2C=CCCCCC[C@H](NC(=O)OC(C)(C)C)C(=O)N2C[C@H](OC(=O)N4Cc5cccc(F)c5C4)C[C@H]2C(=O)N3)c(C)s1. The normalized spacial score (nSPS) is 25.8. The lowest BCUT2D eigenvalue weighted by Crippen LogP contribution is -2.58. The Morgan fingerprint density at radius 2 is 1.85 bits per heavy atom. The van der Waals surface area contributed by atoms with Crippen LogP contribution in [-0.4, -0.2) is 84.0 Å². The molecule has 5 atom stereocenters. The number of nitrogens with zero attached hydrogens (tertiary/aromatic N) is 2. The van der Waals surface area contributed by atoms with Crippen molar-refractivity contribution in [3.05, 3.63) is 63.1 Å². The zero-order valence-corrected chi connectivity index (χ0v) is 33.2. The fraction of sp³-hybridized carbons (Fsp3) is 0.553. The lowest BCUT2D eigenvalue weighted by molar-refractivity contribution is -0.141. The average Bonchev–Trinajstić information content (AvgIpc) is 3.39. The van der Waals surface area contributed by atoms with Crippen molar-refractivity contribution in [2.24, 2.45) is 5.92 Å². The summed E-state index contributed by atoms with van der Waals surface area (Å²) in [7, 11) is -4.29. The molecule has 5 amide bonds. The highest BCUT2D eigenvalue weighted by atomic mass is 32.2. The number of rotatable bonds is 5. The monoisotopic (exact) mass is 801 g/mol. The zero-order valence-electron chi connectivity index (χ0n) is 31.6. The first-order valence-corrected chi connectivity index (χ1v) is 20.8. The Morgan fingerprint density at radius 3 is 2.55 bits per heavy atom. The topological polar surface area (TPSA) is 181 Å². The van der Waals surface area contributed by atoms with Crippen LogP contribution in [-0.2, 0) is 47.0 Å². The average molecular weight is 802 g/mol. The molecule has 1 aromatic carbocycles. The van der Waals surface area contributed by atoms with Crippen LogP contribution >= 0.6 is 11.3 Å². The molecule has 1 aliphatic carbocycles. The fourth-order valence-corrected chi connectivity index (χ4v) is 10.1. The number of benzene rings is 1. The van der Waals surface area contributed by atoms with E-state index in [-0.39, 0.29) is 43.8 Å². The number of allylic oxidation sites excluding steroid dienone is 1. The van der Waals surface area contributed by atoms with Crippen molar-refractivity contribution in [3.63, 3.8) is 0 Å². The van der Waals surface area contributed by atoms with E-state index in [2.05, 4.69) is 15.4 Å². The second-order valence-corrected chi connectivity index (χ2v) is 18.8. The lowest BCUT2D eigenvalue weighted by atomic mass is 10.0. The van der Waals surface area contributed by atoms with Crippen LogP contribution in [0.5, 0.6) is 0 Å². The molecule has 4 aliphatic rings. The summed E-state index contributed by atoms with van der Waals surface area (Å²) < 4.78 is 54.8. The third-order valence-corrected chi connectivity index (χ3v) is 12.9. The van der Waals surface area contributed by atoms with Gasteiger partial charge in [-0.2, -0.15) is 0 Å². The van der Waals surface area contributed by atoms with Crippen molar-refractivity contribution in [1.29, 1.82) is 0 Å². The van der Waals surface area contributed by atoms with Gasteiger partial charge in [-0.1, -0.05) is 37.1 Å². The molecule has 2 fully saturated rings. The van der Waals surface area contributed by atoms with Crippen molar-refractivity contribution < 1.29 is 46.3 Å². The molecule has 1 aromatic heterocycles. The maximum absolute atomic E-state index is 14.5. The van der Waals surface area contributed by atoms with E-state index in [1.807, 2.05) is 6.08 Å². The van der Waals surface area contributed by atoms with Crippen LogP contribution in [0.2, 0.25) is 0 Å². The van der Waals surface area contributed by atoms with E-state index in [0.29, 0.717) is 35.3 Å². The van der Waals surface area contributed by atoms with Crippen LogP contribution in [0.4, 0.5) is 14.0 Å². The molecule has 6 rings (SSSR count). The van der Waals surface area contributed by atoms with E-state index < -0.39 is 81.0 Å². The Morgan fingerprint density at radius 1 is 1.09 bits per heavy atom. The summed E-state index contributed by atoms with van der Waals surface area (Å²) in [6.45, 7) is 8.37. The number of halogens is 1. The van der Waals surface area contributed by atoms with Crippen molar-refractivity contribution in [2.75, 3.05) is 6.54 Å². The van der Waals surface area contributed by atoms with Gasteiger partial charge in [0.05, 0.1) is 13.1 Å². The van der Waals surface area contributed by atoms with Gasteiger partial charge in [0.1, 0.15) is 40.0 Å². The number of nitrogens with one attached hydrogen (secondary N) is 3. The molecule has 2 aromatic rings. The first kappa shape index (κ1) is 40.2. The second kappa shape index (κ2) is 15.6. The molecule has 1 saturated carbocycles. The minimum absolute atomic E-state index is 0.0120. The Hall–Kier alpha value is -4.51. The number of fused-ring (bicyclic) bond motifs is 3. The van der Waals surface area contributed by atoms with Crippen LogP contribution in [0.1, 0.15) is 86.6 Å². The highest BCUT2D eigenvalue weighted by Crippen LogP contribution is 2.46. The molecule has 14 nitrogen and oxygen atoms in total. The predicted molar refractivity (Wildman–Crippen MR) is 200 cm³/mol. The van der Waals surface area contributed by atoms with Gasteiger partial charge in [-0.05, 0) is 78.0 Å². The van der Waals surface area contributed by atoms with E-state index in [9.17, 15) is 36.8 Å². The van der Waals surface area contributed by atoms with Gasteiger partial charge in [-0.25, -0.2) is 27.1 Å². The van der Waals surface area contributed by atoms with Gasteiger partial charge in [0, 0.05) is 34.2 Å². The number of amides is 5. The molecule has 3 aliphatic heterocycles. The Bertz CT molecular complexity index is 2010. The number of hydrogen-bond acceptors (Lipinski definition) is 10. The maximum atomic E-state index is 14.5. The number of hydrogen-bond donors (Lipinski definition) is 3. The highest BCUT2D eigenvalue weighted by molar-refractivity contribution is 7.90. The first-order chi connectivity index (χ1) is 25.9. The van der Waals surface area contributed by atoms with Gasteiger partial charge in [0.15, 0.2) is 0 Å². The van der Waals surface area contributed by atoms with Gasteiger partial charge in [0.25, 0.3) is 15.9 Å². The van der Waals surface area contributed by atoms with Gasteiger partial charge in [-0.3, -0.25) is 19.3 Å². The predicted octanol–water partition coefficient (Wildman–Crippen LogP) is 4.72. The van der Waals surface area contributed by atoms with Crippen molar-refractivity contribution in [3.8, 4) is 0 Å². The number of ether oxygens (including phenoxy) is 2. The summed E-state index contributed by atoms with van der Waals surface area (Å²) in [5.74, 6) is -3.23. The summed E-state index contributed by atoms with van der Waals surface area (Å²) in [6, 6.07) is 3.72. The fourth-order valence-electron chi connectivity index (χ4n) is 7.48. The molecular formula is C38H48FN5O9S2. The molecule has 0 unspecified atom stereocenters. The van der Waals surface area contributed by atoms with E-state index in [1.165, 1.54) is 33.3 Å².